The highest BCUT2D eigenvalue weighted by atomic mass is 15.2. The molecule has 1 aliphatic heterocycles. The molecule has 0 aromatic heterocycles. The van der Waals surface area contributed by atoms with Crippen LogP contribution in [0.1, 0.15) is 51.9 Å². The Morgan fingerprint density at radius 3 is 2.16 bits per heavy atom. The van der Waals surface area contributed by atoms with Crippen molar-refractivity contribution >= 4 is 0 Å². The third-order valence-electron chi connectivity index (χ3n) is 7.33. The van der Waals surface area contributed by atoms with Gasteiger partial charge in [-0.05, 0) is 74.7 Å². The molecule has 5 fully saturated rings. The first-order valence-electron chi connectivity index (χ1n) is 8.71. The molecule has 0 radical (unpaired) electrons. The molecule has 4 saturated carbocycles. The van der Waals surface area contributed by atoms with E-state index in [-0.39, 0.29) is 0 Å². The second-order valence-corrected chi connectivity index (χ2v) is 8.01. The molecule has 1 saturated heterocycles. The number of hydrogen-bond donors (Lipinski definition) is 1. The van der Waals surface area contributed by atoms with Crippen molar-refractivity contribution in [2.45, 2.75) is 57.4 Å². The normalized spacial score (nSPS) is 53.1. The topological polar surface area (TPSA) is 29.3 Å². The molecule has 108 valence electrons. The van der Waals surface area contributed by atoms with Crippen LogP contribution in [0.3, 0.4) is 0 Å². The summed E-state index contributed by atoms with van der Waals surface area (Å²) < 4.78 is 0. The minimum Gasteiger partial charge on any atom is -0.329 e. The van der Waals surface area contributed by atoms with Crippen LogP contribution in [0.15, 0.2) is 0 Å². The first kappa shape index (κ1) is 12.6. The molecule has 2 N–H and O–H groups in total. The van der Waals surface area contributed by atoms with Crippen LogP contribution in [0, 0.1) is 29.6 Å². The van der Waals surface area contributed by atoms with Crippen molar-refractivity contribution in [1.29, 1.82) is 0 Å². The highest BCUT2D eigenvalue weighted by molar-refractivity contribution is 5.13. The van der Waals surface area contributed by atoms with E-state index in [1.807, 2.05) is 0 Å². The highest BCUT2D eigenvalue weighted by Crippen LogP contribution is 2.60. The summed E-state index contributed by atoms with van der Waals surface area (Å²) in [4.78, 5) is 2.87. The first-order valence-corrected chi connectivity index (χ1v) is 8.71. The van der Waals surface area contributed by atoms with Gasteiger partial charge in [-0.25, -0.2) is 0 Å². The summed E-state index contributed by atoms with van der Waals surface area (Å²) >= 11 is 0. The lowest BCUT2D eigenvalue weighted by Crippen LogP contribution is -2.68. The van der Waals surface area contributed by atoms with Crippen LogP contribution in [0.25, 0.3) is 0 Å². The Bertz CT molecular complexity index is 323. The average molecular weight is 262 g/mol. The molecular formula is C17H30N2. The molecule has 4 bridgehead atoms. The Morgan fingerprint density at radius 2 is 1.68 bits per heavy atom. The van der Waals surface area contributed by atoms with Gasteiger partial charge in [0.25, 0.3) is 0 Å². The van der Waals surface area contributed by atoms with Gasteiger partial charge in [0.1, 0.15) is 0 Å². The highest BCUT2D eigenvalue weighted by Gasteiger charge is 2.59. The van der Waals surface area contributed by atoms with Crippen molar-refractivity contribution in [2.75, 3.05) is 19.6 Å². The van der Waals surface area contributed by atoms with Crippen LogP contribution in [-0.2, 0) is 0 Å². The summed E-state index contributed by atoms with van der Waals surface area (Å²) in [7, 11) is 0. The van der Waals surface area contributed by atoms with E-state index in [0.29, 0.717) is 5.54 Å². The maximum absolute atomic E-state index is 6.41. The SMILES string of the molecule is CCC1CCN(C2(CN)C3CC4CC(C3)CC2C4)C1. The van der Waals surface area contributed by atoms with Crippen molar-refractivity contribution in [3.8, 4) is 0 Å². The van der Waals surface area contributed by atoms with Crippen LogP contribution in [0.2, 0.25) is 0 Å². The van der Waals surface area contributed by atoms with Crippen LogP contribution in [0.4, 0.5) is 0 Å². The summed E-state index contributed by atoms with van der Waals surface area (Å²) in [5.74, 6) is 4.94. The van der Waals surface area contributed by atoms with Crippen molar-refractivity contribution in [3.05, 3.63) is 0 Å². The number of nitrogens with zero attached hydrogens (tertiary/aromatic N) is 1. The number of likely N-dealkylation sites (tertiary alicyclic amines) is 1. The van der Waals surface area contributed by atoms with Gasteiger partial charge in [0.2, 0.25) is 0 Å². The predicted molar refractivity (Wildman–Crippen MR) is 78.8 cm³/mol. The van der Waals surface area contributed by atoms with E-state index in [0.717, 1.165) is 36.1 Å². The molecule has 4 aliphatic carbocycles. The molecule has 0 aromatic carbocycles. The van der Waals surface area contributed by atoms with Crippen LogP contribution >= 0.6 is 0 Å². The van der Waals surface area contributed by atoms with Gasteiger partial charge in [-0.2, -0.15) is 0 Å². The second kappa shape index (κ2) is 4.46. The molecule has 1 heterocycles. The lowest BCUT2D eigenvalue weighted by molar-refractivity contribution is -0.125. The van der Waals surface area contributed by atoms with E-state index in [2.05, 4.69) is 11.8 Å². The molecule has 5 aliphatic rings. The third-order valence-corrected chi connectivity index (χ3v) is 7.33. The fraction of sp³-hybridized carbons (Fsp3) is 1.00. The summed E-state index contributed by atoms with van der Waals surface area (Å²) in [6.07, 6.45) is 10.3. The lowest BCUT2D eigenvalue weighted by Gasteiger charge is -2.64. The Kier molecular flexibility index (Phi) is 2.97. The molecule has 1 atom stereocenters. The van der Waals surface area contributed by atoms with Gasteiger partial charge < -0.3 is 5.73 Å². The van der Waals surface area contributed by atoms with Crippen molar-refractivity contribution < 1.29 is 0 Å². The van der Waals surface area contributed by atoms with Crippen molar-refractivity contribution in [2.24, 2.45) is 35.3 Å². The Morgan fingerprint density at radius 1 is 1.05 bits per heavy atom. The van der Waals surface area contributed by atoms with E-state index < -0.39 is 0 Å². The molecule has 2 heteroatoms. The van der Waals surface area contributed by atoms with Gasteiger partial charge in [0.15, 0.2) is 0 Å². The largest absolute Gasteiger partial charge is 0.329 e. The first-order chi connectivity index (χ1) is 9.26. The van der Waals surface area contributed by atoms with E-state index in [4.69, 9.17) is 5.73 Å². The molecule has 1 unspecified atom stereocenters. The predicted octanol–water partition coefficient (Wildman–Crippen LogP) is 2.87. The summed E-state index contributed by atoms with van der Waals surface area (Å²) in [6.45, 7) is 5.96. The van der Waals surface area contributed by atoms with Gasteiger partial charge in [0.05, 0.1) is 0 Å². The molecular weight excluding hydrogens is 232 g/mol. The molecule has 19 heavy (non-hydrogen) atoms. The van der Waals surface area contributed by atoms with Gasteiger partial charge >= 0.3 is 0 Å². The summed E-state index contributed by atoms with van der Waals surface area (Å²) in [6, 6.07) is 0. The fourth-order valence-electron chi connectivity index (χ4n) is 6.52. The van der Waals surface area contributed by atoms with Gasteiger partial charge in [0, 0.05) is 18.6 Å². The lowest BCUT2D eigenvalue weighted by atomic mass is 9.48. The number of hydrogen-bond acceptors (Lipinski definition) is 2. The summed E-state index contributed by atoms with van der Waals surface area (Å²) in [5, 5.41) is 0. The van der Waals surface area contributed by atoms with Crippen molar-refractivity contribution in [3.63, 3.8) is 0 Å². The molecule has 2 nitrogen and oxygen atoms in total. The molecule has 0 amide bonds. The smallest absolute Gasteiger partial charge is 0.0388 e. The zero-order valence-corrected chi connectivity index (χ0v) is 12.5. The molecule has 0 spiro atoms. The van der Waals surface area contributed by atoms with E-state index in [9.17, 15) is 0 Å². The van der Waals surface area contributed by atoms with E-state index >= 15 is 0 Å². The zero-order valence-electron chi connectivity index (χ0n) is 12.5. The Balaban J connectivity index is 1.63. The maximum atomic E-state index is 6.41. The quantitative estimate of drug-likeness (QED) is 0.847. The van der Waals surface area contributed by atoms with Crippen LogP contribution in [-0.4, -0.2) is 30.1 Å². The second-order valence-electron chi connectivity index (χ2n) is 8.01. The zero-order chi connectivity index (χ0) is 13.0. The Hall–Kier alpha value is -0.0800. The maximum Gasteiger partial charge on any atom is 0.0388 e. The standard InChI is InChI=1S/C17H30N2/c1-2-12-3-4-19(10-12)17(11-18)15-6-13-5-14(8-15)9-16(17)7-13/h12-16H,2-11,18H2,1H3. The van der Waals surface area contributed by atoms with Crippen molar-refractivity contribution in [1.82, 2.24) is 4.90 Å². The van der Waals surface area contributed by atoms with Gasteiger partial charge in [-0.3, -0.25) is 4.90 Å². The summed E-state index contributed by atoms with van der Waals surface area (Å²) in [5.41, 5.74) is 6.83. The Labute approximate surface area is 118 Å². The van der Waals surface area contributed by atoms with Gasteiger partial charge in [-0.1, -0.05) is 13.3 Å². The van der Waals surface area contributed by atoms with E-state index in [1.165, 1.54) is 51.6 Å². The van der Waals surface area contributed by atoms with Crippen LogP contribution in [0.5, 0.6) is 0 Å². The number of nitrogens with two attached hydrogens (primary N) is 1. The van der Waals surface area contributed by atoms with E-state index in [1.54, 1.807) is 6.42 Å². The third kappa shape index (κ3) is 1.68. The minimum atomic E-state index is 0.414. The average Bonchev–Trinajstić information content (AvgIpc) is 2.88. The minimum absolute atomic E-state index is 0.414. The monoisotopic (exact) mass is 262 g/mol. The van der Waals surface area contributed by atoms with Crippen LogP contribution < -0.4 is 5.73 Å². The molecule has 0 aromatic rings. The van der Waals surface area contributed by atoms with Gasteiger partial charge in [-0.15, -0.1) is 0 Å². The number of rotatable bonds is 3. The fourth-order valence-corrected chi connectivity index (χ4v) is 6.52. The molecule has 5 rings (SSSR count).